The van der Waals surface area contributed by atoms with E-state index in [4.69, 9.17) is 0 Å². The number of amides is 3. The van der Waals surface area contributed by atoms with Crippen LogP contribution in [0.25, 0.3) is 0 Å². The van der Waals surface area contributed by atoms with Crippen molar-refractivity contribution in [3.8, 4) is 0 Å². The van der Waals surface area contributed by atoms with Crippen molar-refractivity contribution in [2.24, 2.45) is 0 Å². The van der Waals surface area contributed by atoms with E-state index in [0.29, 0.717) is 26.2 Å². The molecule has 1 aliphatic rings. The molecule has 6 nitrogen and oxygen atoms in total. The number of benzene rings is 1. The van der Waals surface area contributed by atoms with Crippen LogP contribution in [0.3, 0.4) is 0 Å². The molecule has 0 atom stereocenters. The maximum atomic E-state index is 12.2. The van der Waals surface area contributed by atoms with Crippen molar-refractivity contribution in [2.45, 2.75) is 33.6 Å². The van der Waals surface area contributed by atoms with E-state index in [1.165, 1.54) is 6.92 Å². The number of anilines is 1. The van der Waals surface area contributed by atoms with Gasteiger partial charge < -0.3 is 15.1 Å². The molecule has 0 aromatic heterocycles. The number of hydrogen-bond donors (Lipinski definition) is 1. The van der Waals surface area contributed by atoms with Crippen molar-refractivity contribution >= 4 is 23.4 Å². The highest BCUT2D eigenvalue weighted by molar-refractivity contribution is 5.94. The zero-order chi connectivity index (χ0) is 17.7. The van der Waals surface area contributed by atoms with Gasteiger partial charge in [0.15, 0.2) is 0 Å². The highest BCUT2D eigenvalue weighted by Crippen LogP contribution is 2.18. The third-order valence-electron chi connectivity index (χ3n) is 4.52. The Labute approximate surface area is 142 Å². The predicted octanol–water partition coefficient (Wildman–Crippen LogP) is 1.71. The van der Waals surface area contributed by atoms with E-state index in [-0.39, 0.29) is 30.6 Å². The summed E-state index contributed by atoms with van der Waals surface area (Å²) in [5.74, 6) is -0.149. The summed E-state index contributed by atoms with van der Waals surface area (Å²) in [6, 6.07) is 5.76. The minimum Gasteiger partial charge on any atom is -0.339 e. The number of nitrogens with one attached hydrogen (secondary N) is 1. The summed E-state index contributed by atoms with van der Waals surface area (Å²) >= 11 is 0. The molecular weight excluding hydrogens is 306 g/mol. The molecule has 130 valence electrons. The summed E-state index contributed by atoms with van der Waals surface area (Å²) in [7, 11) is 0. The number of aryl methyl sites for hydroxylation is 1. The fraction of sp³-hybridized carbons (Fsp3) is 0.500. The Balaban J connectivity index is 1.78. The number of nitrogens with zero attached hydrogens (tertiary/aromatic N) is 2. The van der Waals surface area contributed by atoms with Gasteiger partial charge in [0.1, 0.15) is 0 Å². The van der Waals surface area contributed by atoms with E-state index >= 15 is 0 Å². The molecule has 0 aliphatic carbocycles. The fourth-order valence-corrected chi connectivity index (χ4v) is 2.75. The van der Waals surface area contributed by atoms with Crippen LogP contribution >= 0.6 is 0 Å². The van der Waals surface area contributed by atoms with E-state index in [9.17, 15) is 14.4 Å². The van der Waals surface area contributed by atoms with Crippen LogP contribution in [0.1, 0.15) is 30.9 Å². The van der Waals surface area contributed by atoms with Gasteiger partial charge in [0.05, 0.1) is 0 Å². The van der Waals surface area contributed by atoms with Crippen LogP contribution in [0.5, 0.6) is 0 Å². The third-order valence-corrected chi connectivity index (χ3v) is 4.52. The Bertz CT molecular complexity index is 634. The summed E-state index contributed by atoms with van der Waals surface area (Å²) in [6.45, 7) is 7.70. The molecule has 1 saturated heterocycles. The normalized spacial score (nSPS) is 14.5. The quantitative estimate of drug-likeness (QED) is 0.913. The van der Waals surface area contributed by atoms with Crippen molar-refractivity contribution in [1.82, 2.24) is 9.80 Å². The second kappa shape index (κ2) is 7.95. The Morgan fingerprint density at radius 2 is 1.62 bits per heavy atom. The molecule has 1 fully saturated rings. The maximum absolute atomic E-state index is 12.2. The number of piperazine rings is 1. The summed E-state index contributed by atoms with van der Waals surface area (Å²) < 4.78 is 0. The van der Waals surface area contributed by atoms with E-state index in [1.807, 2.05) is 32.0 Å². The lowest BCUT2D eigenvalue weighted by Gasteiger charge is -2.34. The second-order valence-electron chi connectivity index (χ2n) is 6.18. The van der Waals surface area contributed by atoms with Crippen LogP contribution < -0.4 is 5.32 Å². The van der Waals surface area contributed by atoms with Gasteiger partial charge in [-0.3, -0.25) is 14.4 Å². The maximum Gasteiger partial charge on any atom is 0.224 e. The van der Waals surface area contributed by atoms with Gasteiger partial charge in [-0.1, -0.05) is 12.1 Å². The zero-order valence-electron chi connectivity index (χ0n) is 14.6. The molecule has 0 radical (unpaired) electrons. The number of carbonyl (C=O) groups is 3. The van der Waals surface area contributed by atoms with Crippen molar-refractivity contribution in [1.29, 1.82) is 0 Å². The Hall–Kier alpha value is -2.37. The third kappa shape index (κ3) is 4.57. The molecule has 0 unspecified atom stereocenters. The Morgan fingerprint density at radius 3 is 2.25 bits per heavy atom. The fourth-order valence-electron chi connectivity index (χ4n) is 2.75. The van der Waals surface area contributed by atoms with E-state index in [2.05, 4.69) is 5.32 Å². The predicted molar refractivity (Wildman–Crippen MR) is 92.6 cm³/mol. The van der Waals surface area contributed by atoms with Gasteiger partial charge in [-0.2, -0.15) is 0 Å². The number of rotatable bonds is 4. The van der Waals surface area contributed by atoms with Crippen LogP contribution in [0, 0.1) is 13.8 Å². The van der Waals surface area contributed by atoms with Crippen molar-refractivity contribution < 1.29 is 14.4 Å². The van der Waals surface area contributed by atoms with E-state index in [1.54, 1.807) is 9.80 Å². The molecule has 2 rings (SSSR count). The van der Waals surface area contributed by atoms with E-state index < -0.39 is 0 Å². The summed E-state index contributed by atoms with van der Waals surface area (Å²) in [4.78, 5) is 39.0. The smallest absolute Gasteiger partial charge is 0.224 e. The first-order valence-electron chi connectivity index (χ1n) is 8.28. The van der Waals surface area contributed by atoms with Gasteiger partial charge >= 0.3 is 0 Å². The molecule has 1 aliphatic heterocycles. The Kier molecular flexibility index (Phi) is 5.95. The van der Waals surface area contributed by atoms with Crippen LogP contribution in [-0.4, -0.2) is 53.7 Å². The lowest BCUT2D eigenvalue weighted by Crippen LogP contribution is -2.50. The number of carbonyl (C=O) groups excluding carboxylic acids is 3. The SMILES string of the molecule is CC(=O)N1CCN(C(=O)CCC(=O)Nc2cccc(C)c2C)CC1. The van der Waals surface area contributed by atoms with Crippen molar-refractivity contribution in [3.05, 3.63) is 29.3 Å². The molecule has 1 N–H and O–H groups in total. The molecule has 24 heavy (non-hydrogen) atoms. The highest BCUT2D eigenvalue weighted by Gasteiger charge is 2.22. The molecule has 6 heteroatoms. The summed E-state index contributed by atoms with van der Waals surface area (Å²) in [5, 5.41) is 2.87. The van der Waals surface area contributed by atoms with Crippen LogP contribution in [0.2, 0.25) is 0 Å². The summed E-state index contributed by atoms with van der Waals surface area (Å²) in [6.07, 6.45) is 0.357. The second-order valence-corrected chi connectivity index (χ2v) is 6.18. The van der Waals surface area contributed by atoms with Gasteiger partial charge in [-0.15, -0.1) is 0 Å². The first kappa shape index (κ1) is 18.0. The topological polar surface area (TPSA) is 69.7 Å². The monoisotopic (exact) mass is 331 g/mol. The molecule has 1 heterocycles. The Morgan fingerprint density at radius 1 is 1.00 bits per heavy atom. The highest BCUT2D eigenvalue weighted by atomic mass is 16.2. The summed E-state index contributed by atoms with van der Waals surface area (Å²) in [5.41, 5.74) is 2.95. The standard InChI is InChI=1S/C18H25N3O3/c1-13-5-4-6-16(14(13)2)19-17(23)7-8-18(24)21-11-9-20(10-12-21)15(3)22/h4-6H,7-12H2,1-3H3,(H,19,23). The average molecular weight is 331 g/mol. The molecular formula is C18H25N3O3. The van der Waals surface area contributed by atoms with Gasteiger partial charge in [0.2, 0.25) is 17.7 Å². The zero-order valence-corrected chi connectivity index (χ0v) is 14.6. The minimum atomic E-state index is -0.153. The molecule has 0 spiro atoms. The average Bonchev–Trinajstić information content (AvgIpc) is 2.57. The van der Waals surface area contributed by atoms with Crippen LogP contribution in [0.15, 0.2) is 18.2 Å². The van der Waals surface area contributed by atoms with E-state index in [0.717, 1.165) is 16.8 Å². The molecule has 1 aromatic carbocycles. The molecule has 0 bridgehead atoms. The molecule has 1 aromatic rings. The number of hydrogen-bond acceptors (Lipinski definition) is 3. The van der Waals surface area contributed by atoms with Gasteiger partial charge in [0.25, 0.3) is 0 Å². The van der Waals surface area contributed by atoms with Gasteiger partial charge in [0, 0.05) is 51.6 Å². The lowest BCUT2D eigenvalue weighted by atomic mass is 10.1. The largest absolute Gasteiger partial charge is 0.339 e. The van der Waals surface area contributed by atoms with Crippen LogP contribution in [-0.2, 0) is 14.4 Å². The lowest BCUT2D eigenvalue weighted by molar-refractivity contribution is -0.138. The van der Waals surface area contributed by atoms with Crippen molar-refractivity contribution in [3.63, 3.8) is 0 Å². The van der Waals surface area contributed by atoms with Crippen LogP contribution in [0.4, 0.5) is 5.69 Å². The first-order chi connectivity index (χ1) is 11.4. The molecule has 0 saturated carbocycles. The van der Waals surface area contributed by atoms with Gasteiger partial charge in [-0.05, 0) is 31.0 Å². The molecule has 3 amide bonds. The first-order valence-corrected chi connectivity index (χ1v) is 8.28. The van der Waals surface area contributed by atoms with Crippen molar-refractivity contribution in [2.75, 3.05) is 31.5 Å². The van der Waals surface area contributed by atoms with Gasteiger partial charge in [-0.25, -0.2) is 0 Å². The minimum absolute atomic E-state index is 0.0330.